The van der Waals surface area contributed by atoms with Crippen LogP contribution < -0.4 is 0 Å². The molecule has 1 atom stereocenters. The number of aliphatic hydroxyl groups excluding tert-OH is 1. The summed E-state index contributed by atoms with van der Waals surface area (Å²) >= 11 is 0. The first-order valence-electron chi connectivity index (χ1n) is 5.64. The van der Waals surface area contributed by atoms with Crippen LogP contribution in [0.15, 0.2) is 0 Å². The Morgan fingerprint density at radius 3 is 2.62 bits per heavy atom. The first-order valence-corrected chi connectivity index (χ1v) is 5.64. The van der Waals surface area contributed by atoms with Crippen molar-refractivity contribution in [3.8, 4) is 0 Å². The second kappa shape index (κ2) is 7.22. The molecule has 5 nitrogen and oxygen atoms in total. The van der Waals surface area contributed by atoms with Gasteiger partial charge < -0.3 is 14.6 Å². The third-order valence-electron chi connectivity index (χ3n) is 2.71. The van der Waals surface area contributed by atoms with Crippen LogP contribution in [0.4, 0.5) is 0 Å². The topological polar surface area (TPSA) is 72.8 Å². The second-order valence-electron chi connectivity index (χ2n) is 4.05. The van der Waals surface area contributed by atoms with E-state index in [0.717, 1.165) is 25.7 Å². The molecular formula is C11H18O5. The Kier molecular flexibility index (Phi) is 5.85. The molecule has 0 amide bonds. The van der Waals surface area contributed by atoms with Gasteiger partial charge in [0.05, 0.1) is 5.92 Å². The van der Waals surface area contributed by atoms with E-state index in [9.17, 15) is 14.7 Å². The molecule has 1 aliphatic carbocycles. The van der Waals surface area contributed by atoms with Gasteiger partial charge in [-0.05, 0) is 12.8 Å². The van der Waals surface area contributed by atoms with Crippen molar-refractivity contribution in [2.75, 3.05) is 13.2 Å². The van der Waals surface area contributed by atoms with Crippen LogP contribution in [0.25, 0.3) is 0 Å². The summed E-state index contributed by atoms with van der Waals surface area (Å²) in [7, 11) is 0. The Bertz CT molecular complexity index is 222. The van der Waals surface area contributed by atoms with Crippen molar-refractivity contribution in [3.05, 3.63) is 0 Å². The van der Waals surface area contributed by atoms with Crippen molar-refractivity contribution < 1.29 is 24.2 Å². The van der Waals surface area contributed by atoms with Crippen molar-refractivity contribution in [3.63, 3.8) is 0 Å². The number of carbonyl (C=O) groups excluding carboxylic acids is 2. The van der Waals surface area contributed by atoms with Crippen molar-refractivity contribution in [2.24, 2.45) is 5.92 Å². The van der Waals surface area contributed by atoms with Gasteiger partial charge in [0, 0.05) is 0 Å². The zero-order valence-electron chi connectivity index (χ0n) is 9.26. The molecule has 1 saturated carbocycles. The first-order chi connectivity index (χ1) is 7.74. The summed E-state index contributed by atoms with van der Waals surface area (Å²) in [5.74, 6) is -0.266. The molecule has 0 heterocycles. The van der Waals surface area contributed by atoms with Crippen molar-refractivity contribution >= 4 is 12.4 Å². The smallest absolute Gasteiger partial charge is 0.309 e. The van der Waals surface area contributed by atoms with E-state index in [1.54, 1.807) is 0 Å². The molecule has 0 aromatic carbocycles. The van der Waals surface area contributed by atoms with Crippen LogP contribution >= 0.6 is 0 Å². The normalized spacial score (nSPS) is 18.8. The molecule has 5 heteroatoms. The molecule has 0 aromatic rings. The van der Waals surface area contributed by atoms with Gasteiger partial charge in [0.25, 0.3) is 6.47 Å². The molecule has 0 spiro atoms. The molecule has 0 saturated heterocycles. The lowest BCUT2D eigenvalue weighted by Crippen LogP contribution is -2.27. The van der Waals surface area contributed by atoms with E-state index >= 15 is 0 Å². The monoisotopic (exact) mass is 230 g/mol. The van der Waals surface area contributed by atoms with E-state index in [-0.39, 0.29) is 31.6 Å². The van der Waals surface area contributed by atoms with E-state index in [2.05, 4.69) is 4.74 Å². The van der Waals surface area contributed by atoms with Crippen LogP contribution in [-0.4, -0.2) is 36.9 Å². The zero-order chi connectivity index (χ0) is 11.8. The standard InChI is InChI=1S/C11H18O5/c12-8-15-6-10(13)7-16-11(14)9-4-2-1-3-5-9/h8-10,13H,1-7H2. The molecule has 0 radical (unpaired) electrons. The molecule has 1 N–H and O–H groups in total. The quantitative estimate of drug-likeness (QED) is 0.535. The fourth-order valence-corrected chi connectivity index (χ4v) is 1.83. The average Bonchev–Trinajstić information content (AvgIpc) is 2.34. The van der Waals surface area contributed by atoms with Crippen molar-refractivity contribution in [1.82, 2.24) is 0 Å². The Hall–Kier alpha value is -1.10. The van der Waals surface area contributed by atoms with Gasteiger partial charge in [0.2, 0.25) is 0 Å². The van der Waals surface area contributed by atoms with Gasteiger partial charge in [-0.3, -0.25) is 9.59 Å². The summed E-state index contributed by atoms with van der Waals surface area (Å²) < 4.78 is 9.31. The third kappa shape index (κ3) is 4.61. The average molecular weight is 230 g/mol. The summed E-state index contributed by atoms with van der Waals surface area (Å²) in [4.78, 5) is 21.4. The Balaban J connectivity index is 2.15. The SMILES string of the molecule is O=COCC(O)COC(=O)C1CCCCC1. The predicted octanol–water partition coefficient (Wildman–Crippen LogP) is 0.644. The molecule has 92 valence electrons. The summed E-state index contributed by atoms with van der Waals surface area (Å²) in [5, 5.41) is 9.27. The third-order valence-corrected chi connectivity index (χ3v) is 2.71. The number of hydrogen-bond acceptors (Lipinski definition) is 5. The summed E-state index contributed by atoms with van der Waals surface area (Å²) in [5.41, 5.74) is 0. The van der Waals surface area contributed by atoms with Crippen LogP contribution in [0, 0.1) is 5.92 Å². The van der Waals surface area contributed by atoms with E-state index in [1.807, 2.05) is 0 Å². The molecule has 0 aromatic heterocycles. The molecule has 0 aliphatic heterocycles. The first kappa shape index (κ1) is 13.0. The zero-order valence-corrected chi connectivity index (χ0v) is 9.26. The maximum absolute atomic E-state index is 11.5. The molecule has 0 bridgehead atoms. The van der Waals surface area contributed by atoms with E-state index in [0.29, 0.717) is 0 Å². The summed E-state index contributed by atoms with van der Waals surface area (Å²) in [6, 6.07) is 0. The lowest BCUT2D eigenvalue weighted by Gasteiger charge is -2.20. The van der Waals surface area contributed by atoms with Gasteiger partial charge in [-0.15, -0.1) is 0 Å². The second-order valence-corrected chi connectivity index (χ2v) is 4.05. The summed E-state index contributed by atoms with van der Waals surface area (Å²) in [6.07, 6.45) is 4.13. The highest BCUT2D eigenvalue weighted by Crippen LogP contribution is 2.24. The van der Waals surface area contributed by atoms with Crippen LogP contribution in [-0.2, 0) is 19.1 Å². The van der Waals surface area contributed by atoms with Gasteiger partial charge in [-0.25, -0.2) is 0 Å². The van der Waals surface area contributed by atoms with Gasteiger partial charge in [0.15, 0.2) is 0 Å². The number of esters is 1. The fourth-order valence-electron chi connectivity index (χ4n) is 1.83. The number of carbonyl (C=O) groups is 2. The predicted molar refractivity (Wildman–Crippen MR) is 55.6 cm³/mol. The lowest BCUT2D eigenvalue weighted by atomic mass is 9.89. The molecular weight excluding hydrogens is 212 g/mol. The Morgan fingerprint density at radius 1 is 1.31 bits per heavy atom. The highest BCUT2D eigenvalue weighted by Gasteiger charge is 2.23. The maximum atomic E-state index is 11.5. The largest absolute Gasteiger partial charge is 0.465 e. The number of ether oxygens (including phenoxy) is 2. The Labute approximate surface area is 94.7 Å². The van der Waals surface area contributed by atoms with Crippen molar-refractivity contribution in [1.29, 1.82) is 0 Å². The molecule has 1 fully saturated rings. The lowest BCUT2D eigenvalue weighted by molar-refractivity contribution is -0.154. The van der Waals surface area contributed by atoms with Crippen molar-refractivity contribution in [2.45, 2.75) is 38.2 Å². The van der Waals surface area contributed by atoms with E-state index in [4.69, 9.17) is 4.74 Å². The van der Waals surface area contributed by atoms with Gasteiger partial charge in [-0.2, -0.15) is 0 Å². The highest BCUT2D eigenvalue weighted by molar-refractivity contribution is 5.72. The fraction of sp³-hybridized carbons (Fsp3) is 0.818. The molecule has 1 unspecified atom stereocenters. The summed E-state index contributed by atoms with van der Waals surface area (Å²) in [6.45, 7) is 0.0107. The van der Waals surface area contributed by atoms with E-state index < -0.39 is 6.10 Å². The minimum atomic E-state index is -0.933. The number of hydrogen-bond donors (Lipinski definition) is 1. The van der Waals surface area contributed by atoms with Gasteiger partial charge in [0.1, 0.15) is 19.3 Å². The van der Waals surface area contributed by atoms with Crippen LogP contribution in [0.1, 0.15) is 32.1 Å². The maximum Gasteiger partial charge on any atom is 0.309 e. The number of aliphatic hydroxyl groups is 1. The number of rotatable bonds is 6. The minimum absolute atomic E-state index is 0.0204. The van der Waals surface area contributed by atoms with Gasteiger partial charge >= 0.3 is 5.97 Å². The molecule has 16 heavy (non-hydrogen) atoms. The van der Waals surface area contributed by atoms with Crippen LogP contribution in [0.5, 0.6) is 0 Å². The molecule has 1 rings (SSSR count). The molecule has 1 aliphatic rings. The minimum Gasteiger partial charge on any atom is -0.465 e. The van der Waals surface area contributed by atoms with Gasteiger partial charge in [-0.1, -0.05) is 19.3 Å². The van der Waals surface area contributed by atoms with E-state index in [1.165, 1.54) is 6.42 Å². The highest BCUT2D eigenvalue weighted by atomic mass is 16.6. The van der Waals surface area contributed by atoms with Crippen LogP contribution in [0.2, 0.25) is 0 Å². The van der Waals surface area contributed by atoms with Crippen LogP contribution in [0.3, 0.4) is 0 Å². The Morgan fingerprint density at radius 2 is 2.00 bits per heavy atom.